The summed E-state index contributed by atoms with van der Waals surface area (Å²) in [6, 6.07) is 22.3. The minimum atomic E-state index is 0.426. The van der Waals surface area contributed by atoms with E-state index in [4.69, 9.17) is 0 Å². The summed E-state index contributed by atoms with van der Waals surface area (Å²) < 4.78 is 0. The summed E-state index contributed by atoms with van der Waals surface area (Å²) in [5.74, 6) is 0.426. The number of rotatable bonds is 3. The van der Waals surface area contributed by atoms with Crippen molar-refractivity contribution in [2.45, 2.75) is 12.0 Å². The number of benzene rings is 2. The van der Waals surface area contributed by atoms with Gasteiger partial charge in [0, 0.05) is 31.6 Å². The van der Waals surface area contributed by atoms with Crippen molar-refractivity contribution in [3.8, 4) is 0 Å². The van der Waals surface area contributed by atoms with Crippen molar-refractivity contribution in [1.29, 1.82) is 0 Å². The first-order valence-electron chi connectivity index (χ1n) is 7.37. The average Bonchev–Trinajstić information content (AvgIpc) is 2.52. The van der Waals surface area contributed by atoms with Gasteiger partial charge in [-0.3, -0.25) is 4.90 Å². The van der Waals surface area contributed by atoms with E-state index >= 15 is 0 Å². The second-order valence-corrected chi connectivity index (χ2v) is 5.55. The molecule has 0 spiro atoms. The number of hydrogen-bond acceptors (Lipinski definition) is 2. The van der Waals surface area contributed by atoms with Gasteiger partial charge in [0.15, 0.2) is 0 Å². The zero-order valence-corrected chi connectivity index (χ0v) is 12.0. The Balaban J connectivity index is 1.99. The molecule has 0 aromatic heterocycles. The zero-order chi connectivity index (χ0) is 13.8. The summed E-state index contributed by atoms with van der Waals surface area (Å²) in [4.78, 5) is 2.49. The molecule has 0 aliphatic carbocycles. The third kappa shape index (κ3) is 2.77. The van der Waals surface area contributed by atoms with E-state index in [2.05, 4.69) is 77.9 Å². The fraction of sp³-hybridized carbons (Fsp3) is 0.333. The highest BCUT2D eigenvalue weighted by atomic mass is 15.2. The van der Waals surface area contributed by atoms with Crippen LogP contribution in [0, 0.1) is 0 Å². The number of likely N-dealkylation sites (N-methyl/N-ethyl adjacent to an activating group) is 1. The molecule has 1 fully saturated rings. The van der Waals surface area contributed by atoms with Gasteiger partial charge in [-0.2, -0.15) is 0 Å². The van der Waals surface area contributed by atoms with Crippen LogP contribution < -0.4 is 5.32 Å². The SMILES string of the molecule is CN1CCNC[C@@H]1C(c1ccccc1)c1ccccc1. The topological polar surface area (TPSA) is 15.3 Å². The molecule has 1 heterocycles. The Labute approximate surface area is 121 Å². The van der Waals surface area contributed by atoms with Crippen molar-refractivity contribution in [3.63, 3.8) is 0 Å². The first-order chi connectivity index (χ1) is 9.86. The van der Waals surface area contributed by atoms with Gasteiger partial charge in [-0.1, -0.05) is 60.7 Å². The molecule has 2 aromatic carbocycles. The lowest BCUT2D eigenvalue weighted by molar-refractivity contribution is 0.184. The van der Waals surface area contributed by atoms with Crippen LogP contribution in [-0.4, -0.2) is 37.6 Å². The number of nitrogens with zero attached hydrogens (tertiary/aromatic N) is 1. The first kappa shape index (κ1) is 13.3. The van der Waals surface area contributed by atoms with Crippen LogP contribution in [0.5, 0.6) is 0 Å². The maximum atomic E-state index is 3.54. The second-order valence-electron chi connectivity index (χ2n) is 5.55. The molecule has 0 amide bonds. The van der Waals surface area contributed by atoms with Crippen LogP contribution >= 0.6 is 0 Å². The lowest BCUT2D eigenvalue weighted by Gasteiger charge is -2.39. The van der Waals surface area contributed by atoms with Gasteiger partial charge in [-0.25, -0.2) is 0 Å². The molecule has 0 radical (unpaired) electrons. The van der Waals surface area contributed by atoms with E-state index in [-0.39, 0.29) is 0 Å². The van der Waals surface area contributed by atoms with Crippen molar-refractivity contribution in [2.24, 2.45) is 0 Å². The van der Waals surface area contributed by atoms with Crippen molar-refractivity contribution in [1.82, 2.24) is 10.2 Å². The molecule has 0 unspecified atom stereocenters. The van der Waals surface area contributed by atoms with Crippen LogP contribution in [-0.2, 0) is 0 Å². The first-order valence-corrected chi connectivity index (χ1v) is 7.37. The number of nitrogens with one attached hydrogen (secondary N) is 1. The van der Waals surface area contributed by atoms with Gasteiger partial charge in [0.25, 0.3) is 0 Å². The van der Waals surface area contributed by atoms with Crippen LogP contribution in [0.2, 0.25) is 0 Å². The summed E-state index contributed by atoms with van der Waals surface area (Å²) >= 11 is 0. The molecule has 20 heavy (non-hydrogen) atoms. The summed E-state index contributed by atoms with van der Waals surface area (Å²) in [6.45, 7) is 3.25. The van der Waals surface area contributed by atoms with Crippen LogP contribution in [0.1, 0.15) is 17.0 Å². The van der Waals surface area contributed by atoms with E-state index in [0.717, 1.165) is 19.6 Å². The molecular weight excluding hydrogens is 244 g/mol. The maximum absolute atomic E-state index is 3.54. The highest BCUT2D eigenvalue weighted by Gasteiger charge is 2.29. The Morgan fingerprint density at radius 1 is 0.950 bits per heavy atom. The predicted octanol–water partition coefficient (Wildman–Crippen LogP) is 2.72. The van der Waals surface area contributed by atoms with Crippen molar-refractivity contribution >= 4 is 0 Å². The lowest BCUT2D eigenvalue weighted by Crippen LogP contribution is -2.52. The van der Waals surface area contributed by atoms with Gasteiger partial charge in [0.2, 0.25) is 0 Å². The van der Waals surface area contributed by atoms with Crippen LogP contribution in [0.3, 0.4) is 0 Å². The Hall–Kier alpha value is -1.64. The minimum Gasteiger partial charge on any atom is -0.314 e. The standard InChI is InChI=1S/C18H22N2/c1-20-13-12-19-14-17(20)18(15-8-4-2-5-9-15)16-10-6-3-7-11-16/h2-11,17-19H,12-14H2,1H3/t17-/m1/s1. The molecule has 2 nitrogen and oxygen atoms in total. The van der Waals surface area contributed by atoms with Crippen LogP contribution in [0.4, 0.5) is 0 Å². The van der Waals surface area contributed by atoms with Gasteiger partial charge < -0.3 is 5.32 Å². The molecular formula is C18H22N2. The van der Waals surface area contributed by atoms with Crippen molar-refractivity contribution < 1.29 is 0 Å². The quantitative estimate of drug-likeness (QED) is 0.919. The molecule has 3 rings (SSSR count). The molecule has 0 bridgehead atoms. The summed E-state index contributed by atoms with van der Waals surface area (Å²) in [7, 11) is 2.24. The maximum Gasteiger partial charge on any atom is 0.0327 e. The van der Waals surface area contributed by atoms with E-state index < -0.39 is 0 Å². The Morgan fingerprint density at radius 2 is 1.50 bits per heavy atom. The number of piperazine rings is 1. The number of hydrogen-bond donors (Lipinski definition) is 1. The van der Waals surface area contributed by atoms with Gasteiger partial charge in [-0.05, 0) is 18.2 Å². The lowest BCUT2D eigenvalue weighted by atomic mass is 9.83. The summed E-state index contributed by atoms with van der Waals surface area (Å²) in [5.41, 5.74) is 2.80. The molecule has 2 aromatic rings. The molecule has 0 saturated carbocycles. The molecule has 1 aliphatic rings. The fourth-order valence-electron chi connectivity index (χ4n) is 3.16. The van der Waals surface area contributed by atoms with Crippen molar-refractivity contribution in [3.05, 3.63) is 71.8 Å². The summed E-state index contributed by atoms with van der Waals surface area (Å²) in [6.07, 6.45) is 0. The fourth-order valence-corrected chi connectivity index (χ4v) is 3.16. The highest BCUT2D eigenvalue weighted by Crippen LogP contribution is 2.30. The molecule has 1 atom stereocenters. The van der Waals surface area contributed by atoms with E-state index in [0.29, 0.717) is 12.0 Å². The molecule has 104 valence electrons. The van der Waals surface area contributed by atoms with E-state index in [1.54, 1.807) is 0 Å². The zero-order valence-electron chi connectivity index (χ0n) is 12.0. The van der Waals surface area contributed by atoms with Crippen LogP contribution in [0.25, 0.3) is 0 Å². The molecule has 1 aliphatic heterocycles. The van der Waals surface area contributed by atoms with E-state index in [1.807, 2.05) is 0 Å². The summed E-state index contributed by atoms with van der Waals surface area (Å²) in [5, 5.41) is 3.54. The van der Waals surface area contributed by atoms with Crippen molar-refractivity contribution in [2.75, 3.05) is 26.7 Å². The Morgan fingerprint density at radius 3 is 2.00 bits per heavy atom. The van der Waals surface area contributed by atoms with E-state index in [9.17, 15) is 0 Å². The van der Waals surface area contributed by atoms with Crippen LogP contribution in [0.15, 0.2) is 60.7 Å². The third-order valence-corrected chi connectivity index (χ3v) is 4.26. The Kier molecular flexibility index (Phi) is 4.14. The third-order valence-electron chi connectivity index (χ3n) is 4.26. The minimum absolute atomic E-state index is 0.426. The van der Waals surface area contributed by atoms with Gasteiger partial charge in [0.1, 0.15) is 0 Å². The van der Waals surface area contributed by atoms with Gasteiger partial charge in [0.05, 0.1) is 0 Å². The van der Waals surface area contributed by atoms with Gasteiger partial charge >= 0.3 is 0 Å². The van der Waals surface area contributed by atoms with E-state index in [1.165, 1.54) is 11.1 Å². The highest BCUT2D eigenvalue weighted by molar-refractivity contribution is 5.34. The normalized spacial score (nSPS) is 20.2. The molecule has 2 heteroatoms. The predicted molar refractivity (Wildman–Crippen MR) is 84.0 cm³/mol. The smallest absolute Gasteiger partial charge is 0.0327 e. The monoisotopic (exact) mass is 266 g/mol. The largest absolute Gasteiger partial charge is 0.314 e. The van der Waals surface area contributed by atoms with Gasteiger partial charge in [-0.15, -0.1) is 0 Å². The second kappa shape index (κ2) is 6.21. The molecule has 1 saturated heterocycles. The molecule has 1 N–H and O–H groups in total. The Bertz CT molecular complexity index is 484. The average molecular weight is 266 g/mol.